The normalized spacial score (nSPS) is 19.6. The highest BCUT2D eigenvalue weighted by Gasteiger charge is 2.43. The van der Waals surface area contributed by atoms with Crippen molar-refractivity contribution in [3.05, 3.63) is 77.5 Å². The van der Waals surface area contributed by atoms with E-state index >= 15 is 0 Å². The van der Waals surface area contributed by atoms with E-state index in [1.807, 2.05) is 42.3 Å². The molecule has 4 rings (SSSR count). The summed E-state index contributed by atoms with van der Waals surface area (Å²) in [4.78, 5) is 19.6. The number of allylic oxidation sites excluding steroid dienone is 2. The number of nitrogens with one attached hydrogen (secondary N) is 1. The highest BCUT2D eigenvalue weighted by atomic mass is 35.5. The minimum atomic E-state index is -4.72. The highest BCUT2D eigenvalue weighted by molar-refractivity contribution is 6.33. The van der Waals surface area contributed by atoms with Gasteiger partial charge in [-0.05, 0) is 47.4 Å². The van der Waals surface area contributed by atoms with E-state index in [1.54, 1.807) is 24.3 Å². The molecule has 0 spiro atoms. The van der Waals surface area contributed by atoms with E-state index in [9.17, 15) is 18.0 Å². The van der Waals surface area contributed by atoms with Crippen molar-refractivity contribution in [1.82, 2.24) is 10.2 Å². The number of aliphatic imine (C=N–C) groups is 1. The topological polar surface area (TPSA) is 53.9 Å². The summed E-state index contributed by atoms with van der Waals surface area (Å²) in [7, 11) is 0. The van der Waals surface area contributed by atoms with Gasteiger partial charge in [-0.15, -0.1) is 13.2 Å². The molecule has 1 unspecified atom stereocenters. The molecule has 0 aliphatic carbocycles. The average Bonchev–Trinajstić information content (AvgIpc) is 3.16. The molecule has 0 aromatic heterocycles. The SMILES string of the molecule is CCC1(C(=O)NCc2ccc(-c3ccc(OC(F)(F)F)cc3)cc2)CN2C=CC(Cl)=CC2=N1. The van der Waals surface area contributed by atoms with Crippen LogP contribution in [0.2, 0.25) is 0 Å². The molecule has 2 aliphatic heterocycles. The van der Waals surface area contributed by atoms with E-state index in [2.05, 4.69) is 15.0 Å². The molecular formula is C24H21ClF3N3O2. The van der Waals surface area contributed by atoms with Gasteiger partial charge in [-0.3, -0.25) is 4.79 Å². The van der Waals surface area contributed by atoms with Gasteiger partial charge in [0.15, 0.2) is 5.54 Å². The van der Waals surface area contributed by atoms with Gasteiger partial charge < -0.3 is 15.0 Å². The van der Waals surface area contributed by atoms with Gasteiger partial charge in [-0.2, -0.15) is 0 Å². The lowest BCUT2D eigenvalue weighted by Gasteiger charge is -2.25. The number of carbonyl (C=O) groups excluding carboxylic acids is 1. The van der Waals surface area contributed by atoms with Crippen molar-refractivity contribution < 1.29 is 22.7 Å². The number of carbonyl (C=O) groups is 1. The third kappa shape index (κ3) is 5.22. The molecule has 2 aromatic rings. The second-order valence-corrected chi connectivity index (χ2v) is 8.22. The van der Waals surface area contributed by atoms with E-state index in [0.29, 0.717) is 30.4 Å². The van der Waals surface area contributed by atoms with Crippen LogP contribution in [0.25, 0.3) is 11.1 Å². The van der Waals surface area contributed by atoms with Crippen LogP contribution in [0.3, 0.4) is 0 Å². The lowest BCUT2D eigenvalue weighted by atomic mass is 9.96. The van der Waals surface area contributed by atoms with Crippen molar-refractivity contribution in [2.24, 2.45) is 4.99 Å². The predicted molar refractivity (Wildman–Crippen MR) is 121 cm³/mol. The van der Waals surface area contributed by atoms with Gasteiger partial charge in [-0.25, -0.2) is 4.99 Å². The van der Waals surface area contributed by atoms with Crippen LogP contribution in [-0.2, 0) is 11.3 Å². The maximum absolute atomic E-state index is 13.0. The molecule has 0 saturated carbocycles. The minimum absolute atomic E-state index is 0.158. The Balaban J connectivity index is 1.39. The number of halogens is 4. The zero-order valence-corrected chi connectivity index (χ0v) is 18.5. The first-order valence-corrected chi connectivity index (χ1v) is 10.7. The molecule has 0 saturated heterocycles. The first kappa shape index (κ1) is 22.9. The van der Waals surface area contributed by atoms with Crippen LogP contribution in [0, 0.1) is 0 Å². The minimum Gasteiger partial charge on any atom is -0.406 e. The zero-order valence-electron chi connectivity index (χ0n) is 17.7. The van der Waals surface area contributed by atoms with Crippen molar-refractivity contribution in [3.63, 3.8) is 0 Å². The van der Waals surface area contributed by atoms with E-state index in [1.165, 1.54) is 12.1 Å². The van der Waals surface area contributed by atoms with Crippen molar-refractivity contribution >= 4 is 23.3 Å². The monoisotopic (exact) mass is 475 g/mol. The summed E-state index contributed by atoms with van der Waals surface area (Å²) in [6.07, 6.45) is 1.16. The van der Waals surface area contributed by atoms with Gasteiger partial charge in [0.05, 0.1) is 6.54 Å². The molecule has 172 valence electrons. The standard InChI is InChI=1S/C24H21ClF3N3O2/c1-2-23(15-31-12-11-19(25)13-21(31)30-23)22(32)29-14-16-3-5-17(6-4-16)18-7-9-20(10-8-18)33-24(26,27)28/h3-13H,2,14-15H2,1H3,(H,29,32). The number of alkyl halides is 3. The summed E-state index contributed by atoms with van der Waals surface area (Å²) in [6, 6.07) is 13.1. The van der Waals surface area contributed by atoms with Gasteiger partial charge in [0.2, 0.25) is 5.91 Å². The Morgan fingerprint density at radius 1 is 1.15 bits per heavy atom. The fraction of sp³-hybridized carbons (Fsp3) is 0.250. The molecule has 2 aliphatic rings. The van der Waals surface area contributed by atoms with E-state index in [0.717, 1.165) is 16.7 Å². The number of benzene rings is 2. The summed E-state index contributed by atoms with van der Waals surface area (Å²) in [6.45, 7) is 2.71. The lowest BCUT2D eigenvalue weighted by Crippen LogP contribution is -2.47. The molecule has 2 heterocycles. The second kappa shape index (κ2) is 8.94. The van der Waals surface area contributed by atoms with Crippen LogP contribution >= 0.6 is 11.6 Å². The third-order valence-corrected chi connectivity index (χ3v) is 5.81. The molecule has 33 heavy (non-hydrogen) atoms. The Bertz CT molecular complexity index is 1130. The van der Waals surface area contributed by atoms with Gasteiger partial charge >= 0.3 is 6.36 Å². The molecule has 0 bridgehead atoms. The molecule has 1 amide bonds. The molecule has 2 aromatic carbocycles. The van der Waals surface area contributed by atoms with Crippen LogP contribution < -0.4 is 10.1 Å². The predicted octanol–water partition coefficient (Wildman–Crippen LogP) is 5.38. The van der Waals surface area contributed by atoms with Crippen molar-refractivity contribution in [1.29, 1.82) is 0 Å². The van der Waals surface area contributed by atoms with Crippen molar-refractivity contribution in [3.8, 4) is 16.9 Å². The van der Waals surface area contributed by atoms with Crippen molar-refractivity contribution in [2.45, 2.75) is 31.8 Å². The average molecular weight is 476 g/mol. The molecule has 9 heteroatoms. The number of ether oxygens (including phenoxy) is 1. The number of nitrogens with zero attached hydrogens (tertiary/aromatic N) is 2. The number of hydrogen-bond acceptors (Lipinski definition) is 4. The second-order valence-electron chi connectivity index (χ2n) is 7.78. The smallest absolute Gasteiger partial charge is 0.406 e. The Hall–Kier alpha value is -3.26. The van der Waals surface area contributed by atoms with Crippen LogP contribution in [0.15, 0.2) is 76.9 Å². The molecule has 0 fully saturated rings. The summed E-state index contributed by atoms with van der Waals surface area (Å²) in [5.74, 6) is 0.250. The Morgan fingerprint density at radius 3 is 2.39 bits per heavy atom. The van der Waals surface area contributed by atoms with Crippen LogP contribution in [-0.4, -0.2) is 35.1 Å². The van der Waals surface area contributed by atoms with Crippen molar-refractivity contribution in [2.75, 3.05) is 6.54 Å². The summed E-state index contributed by atoms with van der Waals surface area (Å²) < 4.78 is 40.8. The third-order valence-electron chi connectivity index (χ3n) is 5.57. The van der Waals surface area contributed by atoms with Gasteiger partial charge in [-0.1, -0.05) is 54.9 Å². The Labute approximate surface area is 194 Å². The lowest BCUT2D eigenvalue weighted by molar-refractivity contribution is -0.274. The number of amidine groups is 1. The summed E-state index contributed by atoms with van der Waals surface area (Å²) in [5.41, 5.74) is 1.60. The van der Waals surface area contributed by atoms with Crippen LogP contribution in [0.5, 0.6) is 5.75 Å². The molecule has 1 atom stereocenters. The van der Waals surface area contributed by atoms with Crippen LogP contribution in [0.1, 0.15) is 18.9 Å². The first-order chi connectivity index (χ1) is 15.7. The number of fused-ring (bicyclic) bond motifs is 1. The highest BCUT2D eigenvalue weighted by Crippen LogP contribution is 2.30. The van der Waals surface area contributed by atoms with Gasteiger partial charge in [0.1, 0.15) is 11.6 Å². The van der Waals surface area contributed by atoms with Gasteiger partial charge in [0.25, 0.3) is 0 Å². The molecule has 0 radical (unpaired) electrons. The summed E-state index contributed by atoms with van der Waals surface area (Å²) in [5, 5.41) is 3.54. The molecule has 5 nitrogen and oxygen atoms in total. The van der Waals surface area contributed by atoms with E-state index in [-0.39, 0.29) is 11.7 Å². The first-order valence-electron chi connectivity index (χ1n) is 10.3. The van der Waals surface area contributed by atoms with Crippen LogP contribution in [0.4, 0.5) is 13.2 Å². The zero-order chi connectivity index (χ0) is 23.6. The van der Waals surface area contributed by atoms with E-state index < -0.39 is 11.9 Å². The number of amides is 1. The molecule has 1 N–H and O–H groups in total. The maximum Gasteiger partial charge on any atom is 0.573 e. The fourth-order valence-corrected chi connectivity index (χ4v) is 3.90. The largest absolute Gasteiger partial charge is 0.573 e. The van der Waals surface area contributed by atoms with E-state index in [4.69, 9.17) is 11.6 Å². The van der Waals surface area contributed by atoms with Gasteiger partial charge in [0, 0.05) is 17.8 Å². The number of rotatable bonds is 6. The Morgan fingerprint density at radius 2 is 1.79 bits per heavy atom. The molecular weight excluding hydrogens is 455 g/mol. The summed E-state index contributed by atoms with van der Waals surface area (Å²) >= 11 is 6.05. The maximum atomic E-state index is 13.0. The fourth-order valence-electron chi connectivity index (χ4n) is 3.74. The Kier molecular flexibility index (Phi) is 6.21. The number of hydrogen-bond donors (Lipinski definition) is 1. The quantitative estimate of drug-likeness (QED) is 0.610.